The lowest BCUT2D eigenvalue weighted by atomic mass is 10.1. The average molecular weight is 442 g/mol. The van der Waals surface area contributed by atoms with Crippen molar-refractivity contribution >= 4 is 21.4 Å². The first-order chi connectivity index (χ1) is 14.8. The molecule has 0 spiro atoms. The molecule has 0 radical (unpaired) electrons. The summed E-state index contributed by atoms with van der Waals surface area (Å²) in [5, 5.41) is 8.98. The third-order valence-electron chi connectivity index (χ3n) is 4.74. The Morgan fingerprint density at radius 3 is 2.58 bits per heavy atom. The van der Waals surface area contributed by atoms with Gasteiger partial charge in [-0.2, -0.15) is 5.10 Å². The average Bonchev–Trinajstić information content (AvgIpc) is 2.78. The Hall–Kier alpha value is -3.46. The van der Waals surface area contributed by atoms with E-state index in [1.54, 1.807) is 36.4 Å². The van der Waals surface area contributed by atoms with E-state index < -0.39 is 15.7 Å². The first-order valence-electron chi connectivity index (χ1n) is 9.68. The largest absolute Gasteiger partial charge is 0.495 e. The van der Waals surface area contributed by atoms with Crippen molar-refractivity contribution in [1.29, 1.82) is 0 Å². The molecule has 0 fully saturated rings. The van der Waals surface area contributed by atoms with E-state index in [-0.39, 0.29) is 22.6 Å². The third-order valence-corrected chi connectivity index (χ3v) is 6.53. The van der Waals surface area contributed by atoms with Crippen LogP contribution in [0, 0.1) is 0 Å². The number of H-pyrrole nitrogens is 1. The lowest BCUT2D eigenvalue weighted by molar-refractivity contribution is -0.115. The number of sulfone groups is 1. The fraction of sp³-hybridized carbons (Fsp3) is 0.227. The number of hydrogen-bond donors (Lipinski definition) is 2. The summed E-state index contributed by atoms with van der Waals surface area (Å²) < 4.78 is 31.3. The highest BCUT2D eigenvalue weighted by Gasteiger charge is 2.21. The van der Waals surface area contributed by atoms with Crippen LogP contribution in [0.25, 0.3) is 11.3 Å². The summed E-state index contributed by atoms with van der Waals surface area (Å²) >= 11 is 0. The summed E-state index contributed by atoms with van der Waals surface area (Å²) in [5.74, 6) is -0.276. The smallest absolute Gasteiger partial charge is 0.264 e. The van der Waals surface area contributed by atoms with Crippen LogP contribution in [0.1, 0.15) is 18.9 Å². The lowest BCUT2D eigenvalue weighted by Crippen LogP contribution is -2.18. The van der Waals surface area contributed by atoms with Crippen molar-refractivity contribution in [3.05, 3.63) is 70.5 Å². The molecule has 0 atom stereocenters. The molecule has 1 amide bonds. The zero-order valence-electron chi connectivity index (χ0n) is 17.2. The van der Waals surface area contributed by atoms with E-state index in [4.69, 9.17) is 4.74 Å². The van der Waals surface area contributed by atoms with Gasteiger partial charge < -0.3 is 10.1 Å². The fourth-order valence-corrected chi connectivity index (χ4v) is 4.69. The SMILES string of the molecule is CCc1ccc(-c2ccc(=O)[nH]n2)cc1S(=O)(=O)CCC(=O)Nc1ccccc1OC. The minimum atomic E-state index is -3.74. The maximum absolute atomic E-state index is 13.0. The molecule has 162 valence electrons. The first kappa shape index (κ1) is 22.2. The Morgan fingerprint density at radius 2 is 1.90 bits per heavy atom. The maximum atomic E-state index is 13.0. The summed E-state index contributed by atoms with van der Waals surface area (Å²) in [6.07, 6.45) is 0.311. The van der Waals surface area contributed by atoms with Gasteiger partial charge in [0.2, 0.25) is 5.91 Å². The number of aromatic amines is 1. The summed E-state index contributed by atoms with van der Waals surface area (Å²) in [5.41, 5.74) is 1.80. The number of aryl methyl sites for hydroxylation is 1. The second kappa shape index (κ2) is 9.57. The van der Waals surface area contributed by atoms with Crippen molar-refractivity contribution in [2.45, 2.75) is 24.7 Å². The molecule has 8 nitrogen and oxygen atoms in total. The molecule has 0 aliphatic carbocycles. The standard InChI is InChI=1S/C22H23N3O5S/c1-3-15-8-9-16(17-10-11-22(27)25-24-17)14-20(15)31(28,29)13-12-21(26)23-18-6-4-5-7-19(18)30-2/h4-11,14H,3,12-13H2,1-2H3,(H,23,26)(H,25,27). The maximum Gasteiger partial charge on any atom is 0.264 e. The molecule has 0 saturated heterocycles. The van der Waals surface area contributed by atoms with Crippen molar-refractivity contribution in [3.63, 3.8) is 0 Å². The van der Waals surface area contributed by atoms with E-state index in [0.29, 0.717) is 34.7 Å². The predicted octanol–water partition coefficient (Wildman–Crippen LogP) is 2.81. The van der Waals surface area contributed by atoms with Crippen molar-refractivity contribution < 1.29 is 17.9 Å². The van der Waals surface area contributed by atoms with Gasteiger partial charge in [0.15, 0.2) is 9.84 Å². The van der Waals surface area contributed by atoms with Crippen LogP contribution in [0.5, 0.6) is 5.75 Å². The lowest BCUT2D eigenvalue weighted by Gasteiger charge is -2.12. The normalized spacial score (nSPS) is 11.2. The minimum Gasteiger partial charge on any atom is -0.495 e. The monoisotopic (exact) mass is 441 g/mol. The van der Waals surface area contributed by atoms with Crippen LogP contribution in [0.4, 0.5) is 5.69 Å². The number of anilines is 1. The molecule has 3 aromatic rings. The predicted molar refractivity (Wildman–Crippen MR) is 118 cm³/mol. The Morgan fingerprint density at radius 1 is 1.13 bits per heavy atom. The molecular weight excluding hydrogens is 418 g/mol. The Labute approximate surface area is 180 Å². The second-order valence-corrected chi connectivity index (χ2v) is 8.88. The molecule has 0 aliphatic heterocycles. The van der Waals surface area contributed by atoms with Crippen molar-refractivity contribution in [2.75, 3.05) is 18.2 Å². The van der Waals surface area contributed by atoms with Crippen LogP contribution in [0.15, 0.2) is 64.3 Å². The van der Waals surface area contributed by atoms with Crippen LogP contribution in [-0.4, -0.2) is 37.4 Å². The number of nitrogens with one attached hydrogen (secondary N) is 2. The van der Waals surface area contributed by atoms with Gasteiger partial charge in [-0.05, 0) is 36.2 Å². The van der Waals surface area contributed by atoms with Crippen molar-refractivity contribution in [3.8, 4) is 17.0 Å². The quantitative estimate of drug-likeness (QED) is 0.555. The van der Waals surface area contributed by atoms with E-state index in [0.717, 1.165) is 0 Å². The van der Waals surface area contributed by atoms with Gasteiger partial charge in [0.25, 0.3) is 5.56 Å². The van der Waals surface area contributed by atoms with Crippen LogP contribution in [0.3, 0.4) is 0 Å². The number of hydrogen-bond acceptors (Lipinski definition) is 6. The Bertz CT molecular complexity index is 1230. The third kappa shape index (κ3) is 5.37. The first-order valence-corrected chi connectivity index (χ1v) is 11.3. The molecule has 3 rings (SSSR count). The molecular formula is C22H23N3O5S. The summed E-state index contributed by atoms with van der Waals surface area (Å²) in [7, 11) is -2.24. The number of para-hydroxylation sites is 2. The van der Waals surface area contributed by atoms with E-state index >= 15 is 0 Å². The molecule has 0 bridgehead atoms. The van der Waals surface area contributed by atoms with Gasteiger partial charge in [-0.1, -0.05) is 31.2 Å². The van der Waals surface area contributed by atoms with Gasteiger partial charge in [-0.3, -0.25) is 9.59 Å². The summed E-state index contributed by atoms with van der Waals surface area (Å²) in [4.78, 5) is 23.8. The van der Waals surface area contributed by atoms with Crippen LogP contribution in [0.2, 0.25) is 0 Å². The molecule has 9 heteroatoms. The number of carbonyl (C=O) groups excluding carboxylic acids is 1. The highest BCUT2D eigenvalue weighted by Crippen LogP contribution is 2.26. The zero-order chi connectivity index (χ0) is 22.4. The van der Waals surface area contributed by atoms with Crippen molar-refractivity contribution in [2.24, 2.45) is 0 Å². The Balaban J connectivity index is 1.80. The Kier molecular flexibility index (Phi) is 6.86. The van der Waals surface area contributed by atoms with Gasteiger partial charge in [0, 0.05) is 18.1 Å². The summed E-state index contributed by atoms with van der Waals surface area (Å²) in [6, 6.07) is 14.8. The topological polar surface area (TPSA) is 118 Å². The van der Waals surface area contributed by atoms with E-state index in [1.165, 1.54) is 25.3 Å². The molecule has 1 aromatic heterocycles. The van der Waals surface area contributed by atoms with E-state index in [2.05, 4.69) is 15.5 Å². The van der Waals surface area contributed by atoms with Gasteiger partial charge in [0.1, 0.15) is 5.75 Å². The van der Waals surface area contributed by atoms with E-state index in [9.17, 15) is 18.0 Å². The molecule has 1 heterocycles. The molecule has 0 unspecified atom stereocenters. The van der Waals surface area contributed by atoms with Gasteiger partial charge in [0.05, 0.1) is 29.1 Å². The number of rotatable bonds is 8. The molecule has 0 saturated carbocycles. The van der Waals surface area contributed by atoms with Gasteiger partial charge in [-0.15, -0.1) is 0 Å². The number of aromatic nitrogens is 2. The van der Waals surface area contributed by atoms with Crippen LogP contribution in [-0.2, 0) is 21.1 Å². The van der Waals surface area contributed by atoms with Crippen molar-refractivity contribution in [1.82, 2.24) is 10.2 Å². The molecule has 0 aliphatic rings. The number of benzene rings is 2. The highest BCUT2D eigenvalue weighted by atomic mass is 32.2. The molecule has 2 aromatic carbocycles. The zero-order valence-corrected chi connectivity index (χ0v) is 18.0. The van der Waals surface area contributed by atoms with Crippen LogP contribution < -0.4 is 15.6 Å². The number of methoxy groups -OCH3 is 1. The molecule has 2 N–H and O–H groups in total. The fourth-order valence-electron chi connectivity index (χ4n) is 3.10. The number of carbonyl (C=O) groups is 1. The summed E-state index contributed by atoms with van der Waals surface area (Å²) in [6.45, 7) is 1.86. The van der Waals surface area contributed by atoms with Gasteiger partial charge in [-0.25, -0.2) is 13.5 Å². The number of nitrogens with zero attached hydrogens (tertiary/aromatic N) is 1. The second-order valence-electron chi connectivity index (χ2n) is 6.80. The molecule has 31 heavy (non-hydrogen) atoms. The number of amides is 1. The van der Waals surface area contributed by atoms with E-state index in [1.807, 2.05) is 6.92 Å². The number of ether oxygens (including phenoxy) is 1. The van der Waals surface area contributed by atoms with Crippen LogP contribution >= 0.6 is 0 Å². The minimum absolute atomic E-state index is 0.158. The highest BCUT2D eigenvalue weighted by molar-refractivity contribution is 7.91. The van der Waals surface area contributed by atoms with Gasteiger partial charge >= 0.3 is 0 Å².